The molecule has 1 atom stereocenters. The van der Waals surface area contributed by atoms with Gasteiger partial charge in [0.25, 0.3) is 0 Å². The fraction of sp³-hybridized carbons (Fsp3) is 0.600. The maximum atomic E-state index is 12.0. The Kier molecular flexibility index (Phi) is 5.52. The lowest BCUT2D eigenvalue weighted by atomic mass is 10.1. The highest BCUT2D eigenvalue weighted by atomic mass is 16.5. The van der Waals surface area contributed by atoms with Gasteiger partial charge in [-0.3, -0.25) is 4.79 Å². The highest BCUT2D eigenvalue weighted by molar-refractivity contribution is 5.85. The van der Waals surface area contributed by atoms with Gasteiger partial charge in [0.05, 0.1) is 13.2 Å². The van der Waals surface area contributed by atoms with E-state index in [1.165, 1.54) is 0 Å². The number of likely N-dealkylation sites (N-methyl/N-ethyl adjacent to an activating group) is 1. The molecule has 21 heavy (non-hydrogen) atoms. The van der Waals surface area contributed by atoms with Crippen LogP contribution in [0.2, 0.25) is 0 Å². The van der Waals surface area contributed by atoms with Gasteiger partial charge in [-0.25, -0.2) is 4.98 Å². The molecule has 1 fully saturated rings. The van der Waals surface area contributed by atoms with E-state index in [0.29, 0.717) is 19.8 Å². The number of morpholine rings is 1. The summed E-state index contributed by atoms with van der Waals surface area (Å²) < 4.78 is 5.43. The van der Waals surface area contributed by atoms with Crippen LogP contribution in [-0.4, -0.2) is 50.3 Å². The zero-order chi connectivity index (χ0) is 15.2. The standard InChI is InChI=1S/C15H24N4O2/c1-4-17-8-12-7-11(2)14(18-9-12)19-5-6-21-10-13(19)15(20)16-3/h7,9,13,17H,4-6,8,10H2,1-3H3,(H,16,20). The molecule has 1 aliphatic rings. The van der Waals surface area contributed by atoms with Crippen LogP contribution < -0.4 is 15.5 Å². The van der Waals surface area contributed by atoms with Gasteiger partial charge in [0, 0.05) is 26.3 Å². The fourth-order valence-electron chi connectivity index (χ4n) is 2.53. The number of nitrogens with one attached hydrogen (secondary N) is 2. The van der Waals surface area contributed by atoms with Crippen molar-refractivity contribution in [1.29, 1.82) is 0 Å². The Bertz CT molecular complexity index is 493. The third-order valence-electron chi connectivity index (χ3n) is 3.64. The molecule has 0 saturated carbocycles. The third kappa shape index (κ3) is 3.71. The summed E-state index contributed by atoms with van der Waals surface area (Å²) in [7, 11) is 1.65. The Morgan fingerprint density at radius 2 is 2.38 bits per heavy atom. The average molecular weight is 292 g/mol. The molecule has 6 nitrogen and oxygen atoms in total. The summed E-state index contributed by atoms with van der Waals surface area (Å²) in [6.07, 6.45) is 1.88. The van der Waals surface area contributed by atoms with E-state index in [-0.39, 0.29) is 11.9 Å². The Morgan fingerprint density at radius 1 is 1.57 bits per heavy atom. The van der Waals surface area contributed by atoms with Gasteiger partial charge in [-0.2, -0.15) is 0 Å². The van der Waals surface area contributed by atoms with Crippen LogP contribution in [0.3, 0.4) is 0 Å². The summed E-state index contributed by atoms with van der Waals surface area (Å²) in [5.41, 5.74) is 2.24. The van der Waals surface area contributed by atoms with E-state index in [1.54, 1.807) is 7.05 Å². The van der Waals surface area contributed by atoms with Gasteiger partial charge in [-0.05, 0) is 30.7 Å². The van der Waals surface area contributed by atoms with Gasteiger partial charge in [0.1, 0.15) is 11.9 Å². The molecule has 1 unspecified atom stereocenters. The van der Waals surface area contributed by atoms with Crippen molar-refractivity contribution >= 4 is 11.7 Å². The second-order valence-electron chi connectivity index (χ2n) is 5.16. The Labute approximate surface area is 125 Å². The van der Waals surface area contributed by atoms with Crippen molar-refractivity contribution in [2.45, 2.75) is 26.4 Å². The van der Waals surface area contributed by atoms with Crippen LogP contribution in [-0.2, 0) is 16.1 Å². The van der Waals surface area contributed by atoms with E-state index in [2.05, 4.69) is 28.6 Å². The number of anilines is 1. The Balaban J connectivity index is 2.20. The predicted octanol–water partition coefficient (Wildman–Crippen LogP) is 0.451. The third-order valence-corrected chi connectivity index (χ3v) is 3.64. The van der Waals surface area contributed by atoms with Crippen molar-refractivity contribution in [3.05, 3.63) is 23.4 Å². The maximum Gasteiger partial charge on any atom is 0.244 e. The summed E-state index contributed by atoms with van der Waals surface area (Å²) in [5, 5.41) is 5.98. The molecule has 2 rings (SSSR count). The highest BCUT2D eigenvalue weighted by Gasteiger charge is 2.30. The molecule has 0 bridgehead atoms. The summed E-state index contributed by atoms with van der Waals surface area (Å²) in [6.45, 7) is 7.56. The number of nitrogens with zero attached hydrogens (tertiary/aromatic N) is 2. The first-order valence-electron chi connectivity index (χ1n) is 7.39. The van der Waals surface area contributed by atoms with Crippen molar-refractivity contribution in [3.63, 3.8) is 0 Å². The zero-order valence-corrected chi connectivity index (χ0v) is 13.0. The lowest BCUT2D eigenvalue weighted by Gasteiger charge is -2.36. The number of ether oxygens (including phenoxy) is 1. The van der Waals surface area contributed by atoms with Crippen LogP contribution in [0, 0.1) is 6.92 Å². The monoisotopic (exact) mass is 292 g/mol. The van der Waals surface area contributed by atoms with E-state index < -0.39 is 0 Å². The first-order chi connectivity index (χ1) is 10.2. The van der Waals surface area contributed by atoms with Crippen molar-refractivity contribution < 1.29 is 9.53 Å². The summed E-state index contributed by atoms with van der Waals surface area (Å²) >= 11 is 0. The molecule has 2 heterocycles. The normalized spacial score (nSPS) is 18.6. The van der Waals surface area contributed by atoms with Gasteiger partial charge in [0.15, 0.2) is 0 Å². The molecule has 2 N–H and O–H groups in total. The minimum atomic E-state index is -0.311. The van der Waals surface area contributed by atoms with Crippen molar-refractivity contribution in [3.8, 4) is 0 Å². The predicted molar refractivity (Wildman–Crippen MR) is 82.4 cm³/mol. The first-order valence-corrected chi connectivity index (χ1v) is 7.39. The number of carbonyl (C=O) groups excluding carboxylic acids is 1. The molecule has 1 saturated heterocycles. The molecule has 0 spiro atoms. The van der Waals surface area contributed by atoms with Gasteiger partial charge in [-0.15, -0.1) is 0 Å². The van der Waals surface area contributed by atoms with E-state index in [4.69, 9.17) is 4.74 Å². The first kappa shape index (κ1) is 15.7. The van der Waals surface area contributed by atoms with Gasteiger partial charge in [-0.1, -0.05) is 6.92 Å². The molecule has 0 aliphatic carbocycles. The molecular weight excluding hydrogens is 268 g/mol. The minimum Gasteiger partial charge on any atom is -0.377 e. The smallest absolute Gasteiger partial charge is 0.244 e. The molecule has 1 aliphatic heterocycles. The maximum absolute atomic E-state index is 12.0. The fourth-order valence-corrected chi connectivity index (χ4v) is 2.53. The number of pyridine rings is 1. The topological polar surface area (TPSA) is 66.5 Å². The van der Waals surface area contributed by atoms with Crippen LogP contribution in [0.5, 0.6) is 0 Å². The molecule has 0 radical (unpaired) electrons. The second-order valence-corrected chi connectivity index (χ2v) is 5.16. The molecule has 1 amide bonds. The summed E-state index contributed by atoms with van der Waals surface area (Å²) in [6, 6.07) is 1.82. The number of aromatic nitrogens is 1. The van der Waals surface area contributed by atoms with Crippen molar-refractivity contribution in [2.75, 3.05) is 38.3 Å². The van der Waals surface area contributed by atoms with Crippen LogP contribution in [0.1, 0.15) is 18.1 Å². The lowest BCUT2D eigenvalue weighted by molar-refractivity contribution is -0.124. The zero-order valence-electron chi connectivity index (χ0n) is 13.0. The Hall–Kier alpha value is -1.66. The van der Waals surface area contributed by atoms with Crippen molar-refractivity contribution in [1.82, 2.24) is 15.6 Å². The molecule has 6 heteroatoms. The molecule has 0 aromatic carbocycles. The minimum absolute atomic E-state index is 0.0346. The Morgan fingerprint density at radius 3 is 3.05 bits per heavy atom. The number of rotatable bonds is 5. The molecule has 116 valence electrons. The molecular formula is C15H24N4O2. The quantitative estimate of drug-likeness (QED) is 0.825. The number of hydrogen-bond donors (Lipinski definition) is 2. The molecule has 1 aromatic rings. The van der Waals surface area contributed by atoms with Crippen LogP contribution in [0.15, 0.2) is 12.3 Å². The molecule has 1 aromatic heterocycles. The number of carbonyl (C=O) groups is 1. The van der Waals surface area contributed by atoms with Crippen molar-refractivity contribution in [2.24, 2.45) is 0 Å². The van der Waals surface area contributed by atoms with E-state index in [1.807, 2.05) is 18.0 Å². The van der Waals surface area contributed by atoms with E-state index in [0.717, 1.165) is 30.0 Å². The van der Waals surface area contributed by atoms with Crippen LogP contribution in [0.4, 0.5) is 5.82 Å². The number of aryl methyl sites for hydroxylation is 1. The average Bonchev–Trinajstić information content (AvgIpc) is 2.52. The van der Waals surface area contributed by atoms with Gasteiger partial charge < -0.3 is 20.3 Å². The van der Waals surface area contributed by atoms with Gasteiger partial charge >= 0.3 is 0 Å². The second kappa shape index (κ2) is 7.38. The number of amides is 1. The lowest BCUT2D eigenvalue weighted by Crippen LogP contribution is -2.53. The SMILES string of the molecule is CCNCc1cnc(N2CCOCC2C(=O)NC)c(C)c1. The largest absolute Gasteiger partial charge is 0.377 e. The van der Waals surface area contributed by atoms with Gasteiger partial charge in [0.2, 0.25) is 5.91 Å². The van der Waals surface area contributed by atoms with Crippen LogP contribution >= 0.6 is 0 Å². The number of hydrogen-bond acceptors (Lipinski definition) is 5. The summed E-state index contributed by atoms with van der Waals surface area (Å²) in [4.78, 5) is 18.6. The highest BCUT2D eigenvalue weighted by Crippen LogP contribution is 2.22. The van der Waals surface area contributed by atoms with E-state index in [9.17, 15) is 4.79 Å². The summed E-state index contributed by atoms with van der Waals surface area (Å²) in [5.74, 6) is 0.833. The van der Waals surface area contributed by atoms with Crippen LogP contribution in [0.25, 0.3) is 0 Å². The van der Waals surface area contributed by atoms with E-state index >= 15 is 0 Å².